The average molecular weight is 331 g/mol. The number of carbonyl (C=O) groups excluding carboxylic acids is 1. The van der Waals surface area contributed by atoms with Crippen LogP contribution >= 0.6 is 0 Å². The normalized spacial score (nSPS) is 13.6. The fourth-order valence-corrected chi connectivity index (χ4v) is 3.05. The van der Waals surface area contributed by atoms with Crippen LogP contribution in [0.15, 0.2) is 49.1 Å². The third-order valence-electron chi connectivity index (χ3n) is 4.34. The van der Waals surface area contributed by atoms with Crippen molar-refractivity contribution in [3.63, 3.8) is 0 Å². The van der Waals surface area contributed by atoms with Crippen LogP contribution < -0.4 is 4.90 Å². The topological polar surface area (TPSA) is 71.9 Å². The van der Waals surface area contributed by atoms with Gasteiger partial charge in [-0.25, -0.2) is 9.97 Å². The molecule has 0 bridgehead atoms. The number of anilines is 1. The molecule has 1 amide bonds. The molecule has 0 aliphatic carbocycles. The first kappa shape index (κ1) is 15.4. The molecule has 0 saturated heterocycles. The van der Waals surface area contributed by atoms with E-state index in [1.807, 2.05) is 31.2 Å². The lowest BCUT2D eigenvalue weighted by Crippen LogP contribution is -2.36. The van der Waals surface area contributed by atoms with Crippen molar-refractivity contribution in [1.82, 2.24) is 19.9 Å². The van der Waals surface area contributed by atoms with Gasteiger partial charge in [0.25, 0.3) is 0 Å². The molecule has 25 heavy (non-hydrogen) atoms. The number of aromatic nitrogens is 4. The van der Waals surface area contributed by atoms with Gasteiger partial charge in [-0.1, -0.05) is 6.07 Å². The van der Waals surface area contributed by atoms with Gasteiger partial charge >= 0.3 is 0 Å². The van der Waals surface area contributed by atoms with Crippen LogP contribution in [0.1, 0.15) is 23.2 Å². The minimum Gasteiger partial charge on any atom is -0.292 e. The van der Waals surface area contributed by atoms with E-state index in [-0.39, 0.29) is 5.91 Å². The van der Waals surface area contributed by atoms with Crippen LogP contribution in [0.4, 0.5) is 5.82 Å². The average Bonchev–Trinajstić information content (AvgIpc) is 2.65. The largest absolute Gasteiger partial charge is 0.292 e. The van der Waals surface area contributed by atoms with Crippen molar-refractivity contribution in [2.75, 3.05) is 4.90 Å². The fraction of sp³-hybridized carbons (Fsp3) is 0.211. The Labute approximate surface area is 145 Å². The third kappa shape index (κ3) is 2.98. The zero-order valence-electron chi connectivity index (χ0n) is 13.9. The molecule has 0 unspecified atom stereocenters. The van der Waals surface area contributed by atoms with Crippen molar-refractivity contribution in [3.8, 4) is 11.4 Å². The minimum atomic E-state index is 0.0788. The molecule has 0 spiro atoms. The van der Waals surface area contributed by atoms with E-state index < -0.39 is 0 Å². The van der Waals surface area contributed by atoms with E-state index in [0.717, 1.165) is 22.4 Å². The zero-order valence-corrected chi connectivity index (χ0v) is 13.9. The third-order valence-corrected chi connectivity index (χ3v) is 4.34. The van der Waals surface area contributed by atoms with Crippen LogP contribution in [-0.2, 0) is 17.8 Å². The van der Waals surface area contributed by atoms with Crippen molar-refractivity contribution in [2.24, 2.45) is 0 Å². The number of hydrogen-bond donors (Lipinski definition) is 0. The van der Waals surface area contributed by atoms with Crippen LogP contribution in [-0.4, -0.2) is 25.8 Å². The molecule has 0 radical (unpaired) electrons. The van der Waals surface area contributed by atoms with Gasteiger partial charge in [0.1, 0.15) is 5.82 Å². The highest BCUT2D eigenvalue weighted by atomic mass is 16.2. The lowest BCUT2D eigenvalue weighted by molar-refractivity contribution is -0.119. The first-order valence-corrected chi connectivity index (χ1v) is 8.19. The Balaban J connectivity index is 1.79. The summed E-state index contributed by atoms with van der Waals surface area (Å²) in [7, 11) is 0. The van der Waals surface area contributed by atoms with Gasteiger partial charge in [0.2, 0.25) is 5.91 Å². The summed E-state index contributed by atoms with van der Waals surface area (Å²) < 4.78 is 0. The lowest BCUT2D eigenvalue weighted by atomic mass is 10.0. The molecule has 1 aliphatic heterocycles. The van der Waals surface area contributed by atoms with Gasteiger partial charge in [-0.2, -0.15) is 0 Å². The summed E-state index contributed by atoms with van der Waals surface area (Å²) in [6.45, 7) is 2.44. The second-order valence-electron chi connectivity index (χ2n) is 6.01. The number of aryl methyl sites for hydroxylation is 1. The molecule has 1 aliphatic rings. The molecule has 0 fully saturated rings. The summed E-state index contributed by atoms with van der Waals surface area (Å²) in [5, 5.41) is 0. The Hall–Kier alpha value is -3.15. The first-order valence-electron chi connectivity index (χ1n) is 8.19. The van der Waals surface area contributed by atoms with Crippen molar-refractivity contribution >= 4 is 11.7 Å². The fourth-order valence-electron chi connectivity index (χ4n) is 3.05. The number of amides is 1. The van der Waals surface area contributed by atoms with Crippen LogP contribution in [0.5, 0.6) is 0 Å². The van der Waals surface area contributed by atoms with E-state index in [1.165, 1.54) is 0 Å². The van der Waals surface area contributed by atoms with Gasteiger partial charge in [0.05, 0.1) is 6.54 Å². The predicted octanol–water partition coefficient (Wildman–Crippen LogP) is 2.72. The van der Waals surface area contributed by atoms with Crippen molar-refractivity contribution < 1.29 is 4.79 Å². The molecule has 0 atom stereocenters. The Bertz CT molecular complexity index is 912. The zero-order chi connectivity index (χ0) is 17.2. The number of nitrogens with zero attached hydrogens (tertiary/aromatic N) is 5. The highest BCUT2D eigenvalue weighted by Gasteiger charge is 2.28. The summed E-state index contributed by atoms with van der Waals surface area (Å²) in [6, 6.07) is 7.58. The second kappa shape index (κ2) is 6.39. The monoisotopic (exact) mass is 331 g/mol. The number of carbonyl (C=O) groups is 1. The maximum Gasteiger partial charge on any atom is 0.228 e. The van der Waals surface area contributed by atoms with Gasteiger partial charge in [-0.3, -0.25) is 19.7 Å². The van der Waals surface area contributed by atoms with Gasteiger partial charge in [0, 0.05) is 48.0 Å². The Morgan fingerprint density at radius 2 is 1.88 bits per heavy atom. The standard InChI is InChI=1S/C19H17N5O/c1-13-16-4-5-17(25)24(12-14-3-2-8-21-11-14)19(16)23-18(22-13)15-6-9-20-10-7-15/h2-3,6-11H,4-5,12H2,1H3. The summed E-state index contributed by atoms with van der Waals surface area (Å²) >= 11 is 0. The SMILES string of the molecule is Cc1nc(-c2ccncc2)nc2c1CCC(=O)N2Cc1cccnc1. The van der Waals surface area contributed by atoms with Gasteiger partial charge in [0.15, 0.2) is 5.82 Å². The molecule has 4 heterocycles. The smallest absolute Gasteiger partial charge is 0.228 e. The summed E-state index contributed by atoms with van der Waals surface area (Å²) in [4.78, 5) is 31.8. The van der Waals surface area contributed by atoms with Gasteiger partial charge < -0.3 is 0 Å². The highest BCUT2D eigenvalue weighted by molar-refractivity contribution is 5.95. The molecule has 0 aromatic carbocycles. The molecule has 3 aromatic rings. The molecular weight excluding hydrogens is 314 g/mol. The molecule has 6 nitrogen and oxygen atoms in total. The number of pyridine rings is 2. The minimum absolute atomic E-state index is 0.0788. The van der Waals surface area contributed by atoms with Crippen LogP contribution in [0.25, 0.3) is 11.4 Å². The predicted molar refractivity (Wildman–Crippen MR) is 93.7 cm³/mol. The first-order chi connectivity index (χ1) is 12.2. The molecule has 3 aromatic heterocycles. The van der Waals surface area contributed by atoms with E-state index in [9.17, 15) is 4.79 Å². The molecule has 124 valence electrons. The van der Waals surface area contributed by atoms with Gasteiger partial charge in [-0.05, 0) is 37.1 Å². The van der Waals surface area contributed by atoms with E-state index in [1.54, 1.807) is 29.7 Å². The summed E-state index contributed by atoms with van der Waals surface area (Å²) in [6.07, 6.45) is 8.09. The number of fused-ring (bicyclic) bond motifs is 1. The van der Waals surface area contributed by atoms with Crippen LogP contribution in [0.3, 0.4) is 0 Å². The molecule has 0 saturated carbocycles. The van der Waals surface area contributed by atoms with Crippen molar-refractivity contribution in [2.45, 2.75) is 26.3 Å². The quantitative estimate of drug-likeness (QED) is 0.738. The van der Waals surface area contributed by atoms with Crippen molar-refractivity contribution in [3.05, 3.63) is 65.9 Å². The number of hydrogen-bond acceptors (Lipinski definition) is 5. The van der Waals surface area contributed by atoms with E-state index in [4.69, 9.17) is 4.98 Å². The van der Waals surface area contributed by atoms with E-state index >= 15 is 0 Å². The van der Waals surface area contributed by atoms with E-state index in [2.05, 4.69) is 15.0 Å². The Morgan fingerprint density at radius 1 is 1.04 bits per heavy atom. The van der Waals surface area contributed by atoms with Crippen LogP contribution in [0, 0.1) is 6.92 Å². The van der Waals surface area contributed by atoms with Crippen molar-refractivity contribution in [1.29, 1.82) is 0 Å². The Morgan fingerprint density at radius 3 is 2.64 bits per heavy atom. The molecule has 6 heteroatoms. The maximum absolute atomic E-state index is 12.6. The molecule has 4 rings (SSSR count). The van der Waals surface area contributed by atoms with E-state index in [0.29, 0.717) is 31.0 Å². The second-order valence-corrected chi connectivity index (χ2v) is 6.01. The Kier molecular flexibility index (Phi) is 3.93. The molecular formula is C19H17N5O. The summed E-state index contributed by atoms with van der Waals surface area (Å²) in [5.41, 5.74) is 3.83. The summed E-state index contributed by atoms with van der Waals surface area (Å²) in [5.74, 6) is 1.40. The number of rotatable bonds is 3. The lowest BCUT2D eigenvalue weighted by Gasteiger charge is -2.29. The maximum atomic E-state index is 12.6. The molecule has 0 N–H and O–H groups in total. The van der Waals surface area contributed by atoms with Crippen LogP contribution in [0.2, 0.25) is 0 Å². The highest BCUT2D eigenvalue weighted by Crippen LogP contribution is 2.31. The van der Waals surface area contributed by atoms with Gasteiger partial charge in [-0.15, -0.1) is 0 Å².